The lowest BCUT2D eigenvalue weighted by molar-refractivity contribution is -0.192. The van der Waals surface area contributed by atoms with Crippen LogP contribution in [0.3, 0.4) is 0 Å². The maximum Gasteiger partial charge on any atom is 0.490 e. The van der Waals surface area contributed by atoms with E-state index in [0.717, 1.165) is 18.4 Å². The number of nitrogens with zero attached hydrogens (tertiary/aromatic N) is 2. The van der Waals surface area contributed by atoms with Gasteiger partial charge in [-0.2, -0.15) is 24.5 Å². The van der Waals surface area contributed by atoms with Crippen LogP contribution in [0.2, 0.25) is 0 Å². The van der Waals surface area contributed by atoms with Crippen molar-refractivity contribution in [3.63, 3.8) is 0 Å². The molecule has 4 rings (SSSR count). The molecule has 1 saturated heterocycles. The molecule has 31 heavy (non-hydrogen) atoms. The van der Waals surface area contributed by atoms with Crippen molar-refractivity contribution in [2.45, 2.75) is 43.7 Å². The summed E-state index contributed by atoms with van der Waals surface area (Å²) in [5.74, 6) is -1.95. The van der Waals surface area contributed by atoms with Crippen LogP contribution >= 0.6 is 11.3 Å². The van der Waals surface area contributed by atoms with Crippen LogP contribution in [0.15, 0.2) is 41.2 Å². The fourth-order valence-electron chi connectivity index (χ4n) is 3.59. The topological polar surface area (TPSA) is 89.0 Å². The molecule has 1 aliphatic carbocycles. The van der Waals surface area contributed by atoms with Crippen LogP contribution in [-0.2, 0) is 20.7 Å². The Balaban J connectivity index is 0.000000339. The van der Waals surface area contributed by atoms with Gasteiger partial charge in [0.15, 0.2) is 0 Å². The maximum absolute atomic E-state index is 12.7. The highest BCUT2D eigenvalue weighted by atomic mass is 32.1. The third-order valence-electron chi connectivity index (χ3n) is 4.94. The lowest BCUT2D eigenvalue weighted by Gasteiger charge is -2.39. The predicted molar refractivity (Wildman–Crippen MR) is 105 cm³/mol. The van der Waals surface area contributed by atoms with E-state index in [-0.39, 0.29) is 24.2 Å². The number of carboxylic acid groups (broad SMARTS) is 1. The molecule has 1 amide bonds. The highest BCUT2D eigenvalue weighted by Gasteiger charge is 2.45. The number of carboxylic acids is 1. The first-order valence-corrected chi connectivity index (χ1v) is 10.5. The van der Waals surface area contributed by atoms with Crippen LogP contribution in [0, 0.1) is 0 Å². The SMILES string of the molecule is O=C(Cc1ccsc1)N1CCO[C@H]2[C@H](Oc3ccccn3)CC[C@@H]21.O=C(O)C(F)(F)F. The molecule has 1 aliphatic heterocycles. The number of amides is 1. The average Bonchev–Trinajstić information content (AvgIpc) is 3.38. The Bertz CT molecular complexity index is 863. The number of morpholine rings is 1. The molecule has 0 radical (unpaired) electrons. The predicted octanol–water partition coefficient (Wildman–Crippen LogP) is 3.16. The van der Waals surface area contributed by atoms with E-state index in [2.05, 4.69) is 4.98 Å². The summed E-state index contributed by atoms with van der Waals surface area (Å²) in [6, 6.07) is 7.76. The van der Waals surface area contributed by atoms with Crippen LogP contribution in [0.5, 0.6) is 5.88 Å². The minimum atomic E-state index is -5.08. The zero-order chi connectivity index (χ0) is 22.4. The van der Waals surface area contributed by atoms with Crippen LogP contribution in [0.4, 0.5) is 13.2 Å². The van der Waals surface area contributed by atoms with Crippen molar-refractivity contribution in [1.82, 2.24) is 9.88 Å². The average molecular weight is 458 g/mol. The summed E-state index contributed by atoms with van der Waals surface area (Å²) >= 11 is 1.63. The number of alkyl halides is 3. The first-order valence-electron chi connectivity index (χ1n) is 9.55. The molecule has 168 valence electrons. The molecule has 2 aromatic rings. The largest absolute Gasteiger partial charge is 0.490 e. The Morgan fingerprint density at radius 3 is 2.68 bits per heavy atom. The van der Waals surface area contributed by atoms with E-state index in [1.807, 2.05) is 39.9 Å². The molecule has 0 unspecified atom stereocenters. The van der Waals surface area contributed by atoms with E-state index < -0.39 is 12.1 Å². The number of fused-ring (bicyclic) bond motifs is 1. The summed E-state index contributed by atoms with van der Waals surface area (Å²) in [4.78, 5) is 27.8. The summed E-state index contributed by atoms with van der Waals surface area (Å²) in [5, 5.41) is 11.2. The van der Waals surface area contributed by atoms with Gasteiger partial charge in [-0.15, -0.1) is 0 Å². The second-order valence-electron chi connectivity index (χ2n) is 7.00. The molecule has 0 bridgehead atoms. The van der Waals surface area contributed by atoms with Gasteiger partial charge in [0, 0.05) is 18.8 Å². The third kappa shape index (κ3) is 6.17. The van der Waals surface area contributed by atoms with Crippen molar-refractivity contribution in [3.8, 4) is 5.88 Å². The van der Waals surface area contributed by atoms with Crippen molar-refractivity contribution >= 4 is 23.2 Å². The fraction of sp³-hybridized carbons (Fsp3) is 0.450. The Morgan fingerprint density at radius 2 is 2.06 bits per heavy atom. The van der Waals surface area contributed by atoms with Gasteiger partial charge in [-0.3, -0.25) is 4.79 Å². The van der Waals surface area contributed by atoms with E-state index in [9.17, 15) is 18.0 Å². The number of carbonyl (C=O) groups is 2. The minimum Gasteiger partial charge on any atom is -0.475 e. The molecule has 3 atom stereocenters. The van der Waals surface area contributed by atoms with Gasteiger partial charge in [0.2, 0.25) is 11.8 Å². The zero-order valence-electron chi connectivity index (χ0n) is 16.3. The van der Waals surface area contributed by atoms with Gasteiger partial charge >= 0.3 is 12.1 Å². The number of aromatic nitrogens is 1. The number of ether oxygens (including phenoxy) is 2. The number of pyridine rings is 1. The number of rotatable bonds is 4. The molecule has 2 aromatic heterocycles. The number of thiophene rings is 1. The molecule has 3 heterocycles. The number of aliphatic carboxylic acids is 1. The van der Waals surface area contributed by atoms with Gasteiger partial charge in [-0.05, 0) is 41.3 Å². The quantitative estimate of drug-likeness (QED) is 0.757. The van der Waals surface area contributed by atoms with Crippen molar-refractivity contribution in [1.29, 1.82) is 0 Å². The smallest absolute Gasteiger partial charge is 0.475 e. The van der Waals surface area contributed by atoms with E-state index in [1.54, 1.807) is 17.5 Å². The Labute approximate surface area is 180 Å². The highest BCUT2D eigenvalue weighted by molar-refractivity contribution is 7.08. The lowest BCUT2D eigenvalue weighted by atomic mass is 10.1. The van der Waals surface area contributed by atoms with E-state index >= 15 is 0 Å². The molecule has 1 N–H and O–H groups in total. The minimum absolute atomic E-state index is 0.0401. The van der Waals surface area contributed by atoms with Crippen LogP contribution < -0.4 is 4.74 Å². The summed E-state index contributed by atoms with van der Waals surface area (Å²) in [7, 11) is 0. The summed E-state index contributed by atoms with van der Waals surface area (Å²) in [5.41, 5.74) is 1.09. The fourth-order valence-corrected chi connectivity index (χ4v) is 4.26. The zero-order valence-corrected chi connectivity index (χ0v) is 17.1. The second kappa shape index (κ2) is 10.1. The second-order valence-corrected chi connectivity index (χ2v) is 7.78. The molecular weight excluding hydrogens is 437 g/mol. The number of halogens is 3. The first kappa shape index (κ1) is 23.0. The molecule has 2 fully saturated rings. The van der Waals surface area contributed by atoms with Gasteiger partial charge in [0.1, 0.15) is 12.2 Å². The van der Waals surface area contributed by atoms with E-state index in [1.165, 1.54) is 0 Å². The molecule has 2 aliphatic rings. The summed E-state index contributed by atoms with van der Waals surface area (Å²) in [6.07, 6.45) is -1.20. The lowest BCUT2D eigenvalue weighted by Crippen LogP contribution is -2.54. The third-order valence-corrected chi connectivity index (χ3v) is 5.68. The van der Waals surface area contributed by atoms with Crippen LogP contribution in [-0.4, -0.2) is 64.4 Å². The number of hydrogen-bond donors (Lipinski definition) is 1. The standard InChI is InChI=1S/C18H20N2O3S.C2HF3O2/c21-17(11-13-6-10-24-12-13)20-8-9-22-18-14(20)4-5-15(18)23-16-3-1-2-7-19-16;3-2(4,5)1(6)7/h1-3,6-7,10,12,14-15,18H,4-5,8-9,11H2;(H,6,7)/t14-,15+,18+;/m0./s1. The maximum atomic E-state index is 12.7. The van der Waals surface area contributed by atoms with Crippen molar-refractivity contribution in [2.75, 3.05) is 13.2 Å². The van der Waals surface area contributed by atoms with Crippen LogP contribution in [0.25, 0.3) is 0 Å². The van der Waals surface area contributed by atoms with Crippen molar-refractivity contribution < 1.29 is 37.3 Å². The molecule has 0 spiro atoms. The Hall–Kier alpha value is -2.66. The van der Waals surface area contributed by atoms with Gasteiger partial charge in [0.25, 0.3) is 0 Å². The van der Waals surface area contributed by atoms with Gasteiger partial charge in [-0.1, -0.05) is 6.07 Å². The summed E-state index contributed by atoms with van der Waals surface area (Å²) < 4.78 is 43.7. The van der Waals surface area contributed by atoms with Crippen molar-refractivity contribution in [2.24, 2.45) is 0 Å². The van der Waals surface area contributed by atoms with Crippen LogP contribution in [0.1, 0.15) is 18.4 Å². The van der Waals surface area contributed by atoms with E-state index in [0.29, 0.717) is 25.5 Å². The van der Waals surface area contributed by atoms with Crippen molar-refractivity contribution in [3.05, 3.63) is 46.8 Å². The van der Waals surface area contributed by atoms with Gasteiger partial charge < -0.3 is 19.5 Å². The molecule has 11 heteroatoms. The summed E-state index contributed by atoms with van der Waals surface area (Å²) in [6.45, 7) is 1.24. The monoisotopic (exact) mass is 458 g/mol. The molecular formula is C20H21F3N2O5S. The first-order chi connectivity index (χ1) is 14.8. The molecule has 1 saturated carbocycles. The highest BCUT2D eigenvalue weighted by Crippen LogP contribution is 2.33. The molecule has 0 aromatic carbocycles. The normalized spacial score (nSPS) is 22.8. The van der Waals surface area contributed by atoms with Gasteiger partial charge in [0.05, 0.1) is 19.1 Å². The Morgan fingerprint density at radius 1 is 1.29 bits per heavy atom. The van der Waals surface area contributed by atoms with Gasteiger partial charge in [-0.25, -0.2) is 9.78 Å². The number of carbonyl (C=O) groups excluding carboxylic acids is 1. The Kier molecular flexibility index (Phi) is 7.50. The number of hydrogen-bond acceptors (Lipinski definition) is 6. The molecule has 7 nitrogen and oxygen atoms in total. The van der Waals surface area contributed by atoms with E-state index in [4.69, 9.17) is 19.4 Å².